The summed E-state index contributed by atoms with van der Waals surface area (Å²) >= 11 is 5.84. The minimum Gasteiger partial charge on any atom is -0.367 e. The Bertz CT molecular complexity index is 734. The summed E-state index contributed by atoms with van der Waals surface area (Å²) in [7, 11) is 0. The van der Waals surface area contributed by atoms with E-state index in [0.29, 0.717) is 17.1 Å². The Morgan fingerprint density at radius 3 is 2.26 bits per heavy atom. The molecule has 27 heavy (non-hydrogen) atoms. The lowest BCUT2D eigenvalue weighted by atomic mass is 10.1. The maximum absolute atomic E-state index is 12.0. The Labute approximate surface area is 160 Å². The fraction of sp³-hybridized carbons (Fsp3) is 0.316. The molecule has 0 bridgehead atoms. The van der Waals surface area contributed by atoms with Crippen molar-refractivity contribution in [1.29, 1.82) is 0 Å². The van der Waals surface area contributed by atoms with Crippen molar-refractivity contribution < 1.29 is 22.7 Å². The lowest BCUT2D eigenvalue weighted by Gasteiger charge is -2.15. The van der Waals surface area contributed by atoms with Crippen LogP contribution in [-0.2, 0) is 17.9 Å². The first kappa shape index (κ1) is 21.1. The number of hydrogen-bond donors (Lipinski definition) is 2. The van der Waals surface area contributed by atoms with Crippen molar-refractivity contribution in [2.24, 2.45) is 0 Å². The SMILES string of the molecule is CC(NC(=O)NCc1ccc(COCC(F)(F)F)cc1)c1ccc(Cl)cc1. The van der Waals surface area contributed by atoms with Crippen LogP contribution < -0.4 is 10.6 Å². The molecule has 0 heterocycles. The Balaban J connectivity index is 1.75. The second-order valence-corrected chi connectivity index (χ2v) is 6.46. The number of amides is 2. The van der Waals surface area contributed by atoms with Crippen LogP contribution in [0.1, 0.15) is 29.7 Å². The first-order valence-electron chi connectivity index (χ1n) is 8.25. The van der Waals surface area contributed by atoms with Gasteiger partial charge in [-0.15, -0.1) is 0 Å². The number of hydrogen-bond acceptors (Lipinski definition) is 2. The van der Waals surface area contributed by atoms with Crippen molar-refractivity contribution in [2.45, 2.75) is 32.3 Å². The summed E-state index contributed by atoms with van der Waals surface area (Å²) in [5.74, 6) is 0. The maximum atomic E-state index is 12.0. The molecule has 2 N–H and O–H groups in total. The number of carbonyl (C=O) groups is 1. The monoisotopic (exact) mass is 400 g/mol. The van der Waals surface area contributed by atoms with Gasteiger partial charge in [-0.3, -0.25) is 0 Å². The van der Waals surface area contributed by atoms with Gasteiger partial charge in [0.1, 0.15) is 6.61 Å². The molecule has 0 saturated heterocycles. The third-order valence-electron chi connectivity index (χ3n) is 3.73. The van der Waals surface area contributed by atoms with Gasteiger partial charge in [0.25, 0.3) is 0 Å². The Kier molecular flexibility index (Phi) is 7.50. The molecule has 2 amide bonds. The summed E-state index contributed by atoms with van der Waals surface area (Å²) in [5.41, 5.74) is 2.38. The highest BCUT2D eigenvalue weighted by Crippen LogP contribution is 2.17. The normalized spacial score (nSPS) is 12.5. The van der Waals surface area contributed by atoms with E-state index in [0.717, 1.165) is 11.1 Å². The molecule has 4 nitrogen and oxygen atoms in total. The molecule has 2 aromatic carbocycles. The van der Waals surface area contributed by atoms with Crippen molar-refractivity contribution >= 4 is 17.6 Å². The summed E-state index contributed by atoms with van der Waals surface area (Å²) in [6.45, 7) is 0.760. The average molecular weight is 401 g/mol. The van der Waals surface area contributed by atoms with Crippen molar-refractivity contribution in [3.63, 3.8) is 0 Å². The van der Waals surface area contributed by atoms with E-state index in [1.807, 2.05) is 19.1 Å². The molecule has 2 aromatic rings. The van der Waals surface area contributed by atoms with Crippen LogP contribution in [-0.4, -0.2) is 18.8 Å². The maximum Gasteiger partial charge on any atom is 0.411 e. The van der Waals surface area contributed by atoms with E-state index in [-0.39, 0.29) is 18.7 Å². The van der Waals surface area contributed by atoms with Gasteiger partial charge in [-0.2, -0.15) is 13.2 Å². The lowest BCUT2D eigenvalue weighted by molar-refractivity contribution is -0.176. The third-order valence-corrected chi connectivity index (χ3v) is 3.98. The highest BCUT2D eigenvalue weighted by molar-refractivity contribution is 6.30. The topological polar surface area (TPSA) is 50.4 Å². The van der Waals surface area contributed by atoms with E-state index < -0.39 is 12.8 Å². The van der Waals surface area contributed by atoms with Crippen molar-refractivity contribution in [3.8, 4) is 0 Å². The van der Waals surface area contributed by atoms with Crippen molar-refractivity contribution in [1.82, 2.24) is 10.6 Å². The average Bonchev–Trinajstić information content (AvgIpc) is 2.60. The highest BCUT2D eigenvalue weighted by atomic mass is 35.5. The molecular formula is C19H20ClF3N2O2. The zero-order valence-corrected chi connectivity index (χ0v) is 15.4. The van der Waals surface area contributed by atoms with Crippen LogP contribution in [0.2, 0.25) is 5.02 Å². The summed E-state index contributed by atoms with van der Waals surface area (Å²) in [6.07, 6.45) is -4.33. The van der Waals surface area contributed by atoms with Crippen LogP contribution in [0.3, 0.4) is 0 Å². The van der Waals surface area contributed by atoms with Crippen LogP contribution >= 0.6 is 11.6 Å². The van der Waals surface area contributed by atoms with E-state index in [1.165, 1.54) is 0 Å². The fourth-order valence-electron chi connectivity index (χ4n) is 2.30. The Morgan fingerprint density at radius 1 is 1.07 bits per heavy atom. The quantitative estimate of drug-likeness (QED) is 0.688. The molecule has 0 spiro atoms. The molecule has 0 aromatic heterocycles. The first-order chi connectivity index (χ1) is 12.7. The van der Waals surface area contributed by atoms with Gasteiger partial charge in [0.05, 0.1) is 12.6 Å². The smallest absolute Gasteiger partial charge is 0.367 e. The zero-order valence-electron chi connectivity index (χ0n) is 14.6. The van der Waals surface area contributed by atoms with Crippen LogP contribution in [0, 0.1) is 0 Å². The van der Waals surface area contributed by atoms with Gasteiger partial charge in [0, 0.05) is 11.6 Å². The first-order valence-corrected chi connectivity index (χ1v) is 8.63. The number of nitrogens with one attached hydrogen (secondary N) is 2. The van der Waals surface area contributed by atoms with E-state index in [1.54, 1.807) is 36.4 Å². The van der Waals surface area contributed by atoms with Crippen LogP contribution in [0.5, 0.6) is 0 Å². The third kappa shape index (κ3) is 7.88. The number of benzene rings is 2. The molecule has 2 rings (SSSR count). The molecule has 0 aliphatic rings. The number of urea groups is 1. The summed E-state index contributed by atoms with van der Waals surface area (Å²) in [4.78, 5) is 12.0. The zero-order chi connectivity index (χ0) is 19.9. The lowest BCUT2D eigenvalue weighted by Crippen LogP contribution is -2.36. The van der Waals surface area contributed by atoms with E-state index >= 15 is 0 Å². The molecular weight excluding hydrogens is 381 g/mol. The highest BCUT2D eigenvalue weighted by Gasteiger charge is 2.27. The molecule has 8 heteroatoms. The molecule has 0 aliphatic carbocycles. The largest absolute Gasteiger partial charge is 0.411 e. The number of rotatable bonds is 7. The Morgan fingerprint density at radius 2 is 1.67 bits per heavy atom. The molecule has 0 saturated carbocycles. The summed E-state index contributed by atoms with van der Waals surface area (Å²) < 4.78 is 40.7. The molecule has 1 unspecified atom stereocenters. The van der Waals surface area contributed by atoms with Gasteiger partial charge in [-0.1, -0.05) is 48.0 Å². The molecule has 0 fully saturated rings. The molecule has 0 radical (unpaired) electrons. The number of halogens is 4. The summed E-state index contributed by atoms with van der Waals surface area (Å²) in [5, 5.41) is 6.18. The standard InChI is InChI=1S/C19H20ClF3N2O2/c1-13(16-6-8-17(20)9-7-16)25-18(26)24-10-14-2-4-15(5-3-14)11-27-12-19(21,22)23/h2-9,13H,10-12H2,1H3,(H2,24,25,26). The molecule has 0 aliphatic heterocycles. The molecule has 146 valence electrons. The molecule has 1 atom stereocenters. The van der Waals surface area contributed by atoms with E-state index in [2.05, 4.69) is 15.4 Å². The predicted molar refractivity (Wildman–Crippen MR) is 97.4 cm³/mol. The van der Waals surface area contributed by atoms with Gasteiger partial charge >= 0.3 is 12.2 Å². The van der Waals surface area contributed by atoms with Gasteiger partial charge in [-0.25, -0.2) is 4.79 Å². The summed E-state index contributed by atoms with van der Waals surface area (Å²) in [6, 6.07) is 13.5. The number of carbonyl (C=O) groups excluding carboxylic acids is 1. The van der Waals surface area contributed by atoms with Gasteiger partial charge in [0.2, 0.25) is 0 Å². The predicted octanol–water partition coefficient (Wildman–Crippen LogP) is 4.98. The second-order valence-electron chi connectivity index (χ2n) is 6.02. The van der Waals surface area contributed by atoms with Gasteiger partial charge in [0.15, 0.2) is 0 Å². The van der Waals surface area contributed by atoms with Crippen LogP contribution in [0.4, 0.5) is 18.0 Å². The number of alkyl halides is 3. The van der Waals surface area contributed by atoms with Gasteiger partial charge < -0.3 is 15.4 Å². The van der Waals surface area contributed by atoms with Crippen molar-refractivity contribution in [3.05, 3.63) is 70.2 Å². The fourth-order valence-corrected chi connectivity index (χ4v) is 2.43. The van der Waals surface area contributed by atoms with E-state index in [9.17, 15) is 18.0 Å². The van der Waals surface area contributed by atoms with Gasteiger partial charge in [-0.05, 0) is 35.7 Å². The van der Waals surface area contributed by atoms with Crippen molar-refractivity contribution in [2.75, 3.05) is 6.61 Å². The second kappa shape index (κ2) is 9.62. The van der Waals surface area contributed by atoms with E-state index in [4.69, 9.17) is 11.6 Å². The number of ether oxygens (including phenoxy) is 1. The minimum atomic E-state index is -4.33. The van der Waals surface area contributed by atoms with Crippen LogP contribution in [0.25, 0.3) is 0 Å². The Hall–Kier alpha value is -2.25. The minimum absolute atomic E-state index is 0.119. The van der Waals surface area contributed by atoms with Crippen LogP contribution in [0.15, 0.2) is 48.5 Å².